The van der Waals surface area contributed by atoms with Crippen molar-refractivity contribution in [2.75, 3.05) is 5.73 Å². The first-order valence-corrected chi connectivity index (χ1v) is 4.05. The van der Waals surface area contributed by atoms with Crippen LogP contribution in [0.1, 0.15) is 0 Å². The van der Waals surface area contributed by atoms with Gasteiger partial charge in [-0.25, -0.2) is 0 Å². The fraction of sp³-hybridized carbons (Fsp3) is 0. The number of aromatic nitrogens is 1. The molecule has 3 heteroatoms. The molecule has 1 aromatic carbocycles. The molecule has 0 atom stereocenters. The van der Waals surface area contributed by atoms with Crippen molar-refractivity contribution in [3.63, 3.8) is 0 Å². The number of nitrogens with zero attached hydrogens (tertiary/aromatic N) is 1. The molecule has 0 spiro atoms. The van der Waals surface area contributed by atoms with Gasteiger partial charge in [-0.2, -0.15) is 0 Å². The van der Waals surface area contributed by atoms with Crippen LogP contribution in [-0.2, 0) is 21.1 Å². The van der Waals surface area contributed by atoms with Crippen LogP contribution >= 0.6 is 0 Å². The summed E-state index contributed by atoms with van der Waals surface area (Å²) >= 11 is 0. The maximum absolute atomic E-state index is 5.78. The summed E-state index contributed by atoms with van der Waals surface area (Å²) in [6.45, 7) is 0. The number of nitrogen functional groups attached to an aromatic ring is 1. The molecule has 2 nitrogen and oxygen atoms in total. The molecule has 2 N–H and O–H groups in total. The first-order valence-electron chi connectivity index (χ1n) is 4.05. The molecule has 2 rings (SSSR count). The third-order valence-electron chi connectivity index (χ3n) is 1.81. The topological polar surface area (TPSA) is 38.9 Å². The van der Waals surface area contributed by atoms with Crippen LogP contribution in [0, 0.1) is 20.9 Å². The molecular weight excluding hydrogens is 379 g/mol. The molecule has 0 aliphatic carbocycles. The van der Waals surface area contributed by atoms with Crippen LogP contribution < -0.4 is 5.73 Å². The third kappa shape index (κ3) is 3.78. The van der Waals surface area contributed by atoms with Gasteiger partial charge in [-0.15, -0.1) is 29.8 Å². The van der Waals surface area contributed by atoms with Crippen LogP contribution in [0.2, 0.25) is 0 Å². The molecule has 16 heavy (non-hydrogen) atoms. The van der Waals surface area contributed by atoms with Crippen LogP contribution in [0.4, 0.5) is 5.69 Å². The predicted molar refractivity (Wildman–Crippen MR) is 65.7 cm³/mol. The van der Waals surface area contributed by atoms with E-state index in [4.69, 9.17) is 5.73 Å². The molecule has 0 radical (unpaired) electrons. The van der Waals surface area contributed by atoms with Crippen LogP contribution in [0.15, 0.2) is 42.6 Å². The SMILES string of the molecule is Nc1ccc[c-]c1-c1ccccn1.[CH3-].[CH3-].[Pt]. The number of anilines is 1. The van der Waals surface area contributed by atoms with E-state index < -0.39 is 0 Å². The molecule has 0 unspecified atom stereocenters. The Labute approximate surface area is 112 Å². The molecule has 2 aromatic rings. The van der Waals surface area contributed by atoms with Crippen LogP contribution in [0.3, 0.4) is 0 Å². The predicted octanol–water partition coefficient (Wildman–Crippen LogP) is 3.03. The van der Waals surface area contributed by atoms with Crippen molar-refractivity contribution >= 4 is 5.69 Å². The largest absolute Gasteiger partial charge is 0.437 e. The van der Waals surface area contributed by atoms with Crippen LogP contribution in [0.25, 0.3) is 11.3 Å². The Bertz CT molecular complexity index is 402. The van der Waals surface area contributed by atoms with Gasteiger partial charge < -0.3 is 25.6 Å². The van der Waals surface area contributed by atoms with Crippen molar-refractivity contribution < 1.29 is 21.1 Å². The summed E-state index contributed by atoms with van der Waals surface area (Å²) < 4.78 is 0. The second-order valence-corrected chi connectivity index (χ2v) is 2.72. The Morgan fingerprint density at radius 3 is 2.38 bits per heavy atom. The summed E-state index contributed by atoms with van der Waals surface area (Å²) in [6, 6.07) is 14.3. The maximum Gasteiger partial charge on any atom is 0.0160 e. The summed E-state index contributed by atoms with van der Waals surface area (Å²) in [5, 5.41) is 0. The molecule has 0 aliphatic rings. The van der Waals surface area contributed by atoms with Crippen LogP contribution in [0.5, 0.6) is 0 Å². The van der Waals surface area contributed by atoms with Gasteiger partial charge in [-0.05, 0) is 11.8 Å². The van der Waals surface area contributed by atoms with Gasteiger partial charge in [0.1, 0.15) is 0 Å². The number of pyridine rings is 1. The normalized spacial score (nSPS) is 8.00. The van der Waals surface area contributed by atoms with Crippen molar-refractivity contribution in [2.45, 2.75) is 0 Å². The van der Waals surface area contributed by atoms with Gasteiger partial charge in [0.25, 0.3) is 0 Å². The monoisotopic (exact) mass is 394 g/mol. The summed E-state index contributed by atoms with van der Waals surface area (Å²) in [7, 11) is 0. The number of hydrogen-bond acceptors (Lipinski definition) is 2. The number of hydrogen-bond donors (Lipinski definition) is 1. The molecular formula is C13H15N2Pt-3. The van der Waals surface area contributed by atoms with E-state index in [0.717, 1.165) is 11.3 Å². The first-order chi connectivity index (χ1) is 6.38. The van der Waals surface area contributed by atoms with E-state index in [2.05, 4.69) is 11.1 Å². The van der Waals surface area contributed by atoms with Gasteiger partial charge >= 0.3 is 0 Å². The second kappa shape index (κ2) is 8.06. The van der Waals surface area contributed by atoms with Crippen molar-refractivity contribution in [1.29, 1.82) is 0 Å². The average molecular weight is 394 g/mol. The first kappa shape index (κ1) is 17.3. The van der Waals surface area contributed by atoms with Crippen molar-refractivity contribution in [3.05, 3.63) is 63.5 Å². The number of nitrogens with two attached hydrogens (primary N) is 1. The van der Waals surface area contributed by atoms with Gasteiger partial charge in [0.2, 0.25) is 0 Å². The van der Waals surface area contributed by atoms with Gasteiger partial charge in [-0.1, -0.05) is 17.8 Å². The Kier molecular flexibility index (Phi) is 8.70. The van der Waals surface area contributed by atoms with E-state index in [9.17, 15) is 0 Å². The van der Waals surface area contributed by atoms with Crippen molar-refractivity contribution in [3.8, 4) is 11.3 Å². The Morgan fingerprint density at radius 1 is 1.06 bits per heavy atom. The molecule has 0 saturated carbocycles. The maximum atomic E-state index is 5.78. The standard InChI is InChI=1S/C11H9N2.2CH3.Pt/c12-10-6-2-1-5-9(10)11-7-3-4-8-13-11;;;/h1-4,6-8H,12H2;2*1H3;/q3*-1;. The minimum Gasteiger partial charge on any atom is -0.437 e. The molecule has 0 saturated heterocycles. The molecule has 0 aliphatic heterocycles. The van der Waals surface area contributed by atoms with Gasteiger partial charge in [0.15, 0.2) is 0 Å². The van der Waals surface area contributed by atoms with Gasteiger partial charge in [-0.3, -0.25) is 0 Å². The fourth-order valence-corrected chi connectivity index (χ4v) is 1.18. The van der Waals surface area contributed by atoms with Crippen molar-refractivity contribution in [1.82, 2.24) is 4.98 Å². The molecule has 0 bridgehead atoms. The Hall–Kier alpha value is -1.14. The van der Waals surface area contributed by atoms with Gasteiger partial charge in [0, 0.05) is 27.3 Å². The van der Waals surface area contributed by atoms with E-state index in [0.29, 0.717) is 5.69 Å². The zero-order valence-electron chi connectivity index (χ0n) is 9.38. The van der Waals surface area contributed by atoms with E-state index in [1.165, 1.54) is 0 Å². The van der Waals surface area contributed by atoms with E-state index >= 15 is 0 Å². The molecule has 1 aromatic heterocycles. The summed E-state index contributed by atoms with van der Waals surface area (Å²) in [5.74, 6) is 0. The summed E-state index contributed by atoms with van der Waals surface area (Å²) in [6.07, 6.45) is 1.75. The molecule has 0 amide bonds. The Balaban J connectivity index is 0. The average Bonchev–Trinajstić information content (AvgIpc) is 2.20. The quantitative estimate of drug-likeness (QED) is 0.597. The molecule has 0 fully saturated rings. The summed E-state index contributed by atoms with van der Waals surface area (Å²) in [5.41, 5.74) is 8.22. The Morgan fingerprint density at radius 2 is 1.81 bits per heavy atom. The zero-order valence-corrected chi connectivity index (χ0v) is 11.7. The number of rotatable bonds is 1. The molecule has 90 valence electrons. The van der Waals surface area contributed by atoms with Crippen molar-refractivity contribution in [2.24, 2.45) is 0 Å². The second-order valence-electron chi connectivity index (χ2n) is 2.72. The minimum atomic E-state index is 0. The van der Waals surface area contributed by atoms with E-state index in [-0.39, 0.29) is 35.9 Å². The molecule has 1 heterocycles. The van der Waals surface area contributed by atoms with E-state index in [1.807, 2.05) is 36.4 Å². The smallest absolute Gasteiger partial charge is 0.0160 e. The third-order valence-corrected chi connectivity index (χ3v) is 1.81. The van der Waals surface area contributed by atoms with E-state index in [1.54, 1.807) is 6.20 Å². The van der Waals surface area contributed by atoms with Crippen LogP contribution in [-0.4, -0.2) is 4.98 Å². The minimum absolute atomic E-state index is 0. The van der Waals surface area contributed by atoms with Gasteiger partial charge in [0.05, 0.1) is 0 Å². The zero-order chi connectivity index (χ0) is 9.10. The fourth-order valence-electron chi connectivity index (χ4n) is 1.18. The number of benzene rings is 1. The summed E-state index contributed by atoms with van der Waals surface area (Å²) in [4.78, 5) is 4.20.